The van der Waals surface area contributed by atoms with E-state index in [4.69, 9.17) is 0 Å². The van der Waals surface area contributed by atoms with E-state index in [-0.39, 0.29) is 35.2 Å². The Hall–Kier alpha value is -2.15. The van der Waals surface area contributed by atoms with Gasteiger partial charge in [-0.25, -0.2) is 0 Å². The monoisotopic (exact) mass is 349 g/mol. The number of amides is 1. The van der Waals surface area contributed by atoms with Crippen molar-refractivity contribution in [2.75, 3.05) is 24.6 Å². The lowest BCUT2D eigenvalue weighted by atomic mass is 9.84. The number of rotatable bonds is 6. The molecule has 1 atom stereocenters. The molecule has 0 aliphatic carbocycles. The van der Waals surface area contributed by atoms with E-state index in [2.05, 4.69) is 5.32 Å². The fraction of sp³-hybridized carbons (Fsp3) is 0.611. The lowest BCUT2D eigenvalue weighted by Crippen LogP contribution is -2.44. The van der Waals surface area contributed by atoms with E-state index in [1.165, 1.54) is 6.07 Å². The molecule has 0 spiro atoms. The average Bonchev–Trinajstić information content (AvgIpc) is 3.07. The number of hydrogen-bond acceptors (Lipinski definition) is 5. The van der Waals surface area contributed by atoms with E-state index in [0.717, 1.165) is 25.9 Å². The zero-order valence-electron chi connectivity index (χ0n) is 15.1. The second kappa shape index (κ2) is 7.82. The SMILES string of the molecule is CC(C)(C)C(CCO)NC(=O)c1ccc(N2CCCC2)c([N+](=O)[O-])c1. The minimum Gasteiger partial charge on any atom is -0.396 e. The van der Waals surface area contributed by atoms with E-state index in [1.807, 2.05) is 25.7 Å². The van der Waals surface area contributed by atoms with Crippen molar-refractivity contribution < 1.29 is 14.8 Å². The number of carbonyl (C=O) groups excluding carboxylic acids is 1. The standard InChI is InChI=1S/C18H27N3O4/c1-18(2,3)16(8-11-22)19-17(23)13-6-7-14(15(12-13)21(24)25)20-9-4-5-10-20/h6-7,12,16,22H,4-5,8-11H2,1-3H3,(H,19,23). The third-order valence-corrected chi connectivity index (χ3v) is 4.65. The second-order valence-electron chi connectivity index (χ2n) is 7.56. The van der Waals surface area contributed by atoms with E-state index < -0.39 is 4.92 Å². The lowest BCUT2D eigenvalue weighted by molar-refractivity contribution is -0.384. The van der Waals surface area contributed by atoms with Crippen LogP contribution in [-0.4, -0.2) is 41.7 Å². The zero-order chi connectivity index (χ0) is 18.6. The molecule has 1 heterocycles. The van der Waals surface area contributed by atoms with Gasteiger partial charge in [0.05, 0.1) is 4.92 Å². The van der Waals surface area contributed by atoms with Crippen LogP contribution in [0.5, 0.6) is 0 Å². The molecule has 1 fully saturated rings. The largest absolute Gasteiger partial charge is 0.396 e. The van der Waals surface area contributed by atoms with Crippen LogP contribution in [0.2, 0.25) is 0 Å². The van der Waals surface area contributed by atoms with Gasteiger partial charge in [0.1, 0.15) is 5.69 Å². The van der Waals surface area contributed by atoms with Gasteiger partial charge in [0.15, 0.2) is 0 Å². The van der Waals surface area contributed by atoms with Crippen LogP contribution in [-0.2, 0) is 0 Å². The molecule has 25 heavy (non-hydrogen) atoms. The van der Waals surface area contributed by atoms with Crippen LogP contribution < -0.4 is 10.2 Å². The summed E-state index contributed by atoms with van der Waals surface area (Å²) in [6.07, 6.45) is 2.48. The number of aliphatic hydroxyl groups excluding tert-OH is 1. The highest BCUT2D eigenvalue weighted by Gasteiger charge is 2.28. The Kier molecular flexibility index (Phi) is 6.00. The second-order valence-corrected chi connectivity index (χ2v) is 7.56. The molecule has 0 radical (unpaired) electrons. The maximum Gasteiger partial charge on any atom is 0.293 e. The maximum atomic E-state index is 12.6. The van der Waals surface area contributed by atoms with Gasteiger partial charge in [0.25, 0.3) is 11.6 Å². The van der Waals surface area contributed by atoms with E-state index in [0.29, 0.717) is 12.1 Å². The number of nitrogens with zero attached hydrogens (tertiary/aromatic N) is 2. The Labute approximate surface area is 148 Å². The quantitative estimate of drug-likeness (QED) is 0.608. The van der Waals surface area contributed by atoms with Crippen LogP contribution in [0.15, 0.2) is 18.2 Å². The van der Waals surface area contributed by atoms with Gasteiger partial charge in [-0.15, -0.1) is 0 Å². The summed E-state index contributed by atoms with van der Waals surface area (Å²) in [4.78, 5) is 25.6. The minimum absolute atomic E-state index is 0.0315. The van der Waals surface area contributed by atoms with Gasteiger partial charge in [0, 0.05) is 37.4 Å². The molecule has 1 aliphatic rings. The highest BCUT2D eigenvalue weighted by atomic mass is 16.6. The molecule has 1 aliphatic heterocycles. The normalized spacial score (nSPS) is 15.9. The van der Waals surface area contributed by atoms with Gasteiger partial charge in [-0.05, 0) is 36.8 Å². The van der Waals surface area contributed by atoms with Gasteiger partial charge in [-0.2, -0.15) is 0 Å². The fourth-order valence-electron chi connectivity index (χ4n) is 3.13. The highest BCUT2D eigenvalue weighted by Crippen LogP contribution is 2.32. The van der Waals surface area contributed by atoms with Crippen molar-refractivity contribution in [3.05, 3.63) is 33.9 Å². The molecule has 1 aromatic rings. The zero-order valence-corrected chi connectivity index (χ0v) is 15.1. The Morgan fingerprint density at radius 2 is 2.00 bits per heavy atom. The van der Waals surface area contributed by atoms with Crippen molar-refractivity contribution in [2.45, 2.75) is 46.1 Å². The number of nitrogens with one attached hydrogen (secondary N) is 1. The first-order valence-corrected chi connectivity index (χ1v) is 8.69. The fourth-order valence-corrected chi connectivity index (χ4v) is 3.13. The third kappa shape index (κ3) is 4.69. The van der Waals surface area contributed by atoms with Gasteiger partial charge in [-0.3, -0.25) is 14.9 Å². The molecule has 138 valence electrons. The molecule has 0 saturated carbocycles. The van der Waals surface area contributed by atoms with Crippen LogP contribution in [0.1, 0.15) is 50.4 Å². The van der Waals surface area contributed by atoms with E-state index >= 15 is 0 Å². The molecular weight excluding hydrogens is 322 g/mol. The summed E-state index contributed by atoms with van der Waals surface area (Å²) in [5.74, 6) is -0.357. The third-order valence-electron chi connectivity index (χ3n) is 4.65. The maximum absolute atomic E-state index is 12.6. The van der Waals surface area contributed by atoms with Crippen LogP contribution in [0.4, 0.5) is 11.4 Å². The Bertz CT molecular complexity index is 634. The lowest BCUT2D eigenvalue weighted by Gasteiger charge is -2.31. The topological polar surface area (TPSA) is 95.7 Å². The van der Waals surface area contributed by atoms with Crippen LogP contribution in [0, 0.1) is 15.5 Å². The van der Waals surface area contributed by atoms with Crippen molar-refractivity contribution in [1.29, 1.82) is 0 Å². The summed E-state index contributed by atoms with van der Waals surface area (Å²) in [6, 6.07) is 4.43. The summed E-state index contributed by atoms with van der Waals surface area (Å²) in [5.41, 5.74) is 0.576. The molecule has 2 rings (SSSR count). The molecule has 1 saturated heterocycles. The molecule has 1 amide bonds. The Morgan fingerprint density at radius 3 is 2.52 bits per heavy atom. The van der Waals surface area contributed by atoms with E-state index in [9.17, 15) is 20.0 Å². The van der Waals surface area contributed by atoms with Crippen LogP contribution in [0.25, 0.3) is 0 Å². The summed E-state index contributed by atoms with van der Waals surface area (Å²) in [5, 5.41) is 23.6. The predicted molar refractivity (Wildman–Crippen MR) is 97.0 cm³/mol. The van der Waals surface area contributed by atoms with Gasteiger partial charge in [-0.1, -0.05) is 20.8 Å². The number of nitro benzene ring substituents is 1. The van der Waals surface area contributed by atoms with Gasteiger partial charge in [0.2, 0.25) is 0 Å². The molecule has 0 bridgehead atoms. The summed E-state index contributed by atoms with van der Waals surface area (Å²) in [6.45, 7) is 7.51. The molecular formula is C18H27N3O4. The van der Waals surface area contributed by atoms with Crippen molar-refractivity contribution in [2.24, 2.45) is 5.41 Å². The molecule has 7 nitrogen and oxygen atoms in total. The van der Waals surface area contributed by atoms with Crippen LogP contribution >= 0.6 is 0 Å². The first kappa shape index (κ1) is 19.2. The molecule has 1 unspecified atom stereocenters. The minimum atomic E-state index is -0.431. The van der Waals surface area contributed by atoms with Gasteiger partial charge < -0.3 is 15.3 Å². The van der Waals surface area contributed by atoms with Crippen LogP contribution in [0.3, 0.4) is 0 Å². The van der Waals surface area contributed by atoms with Gasteiger partial charge >= 0.3 is 0 Å². The first-order valence-electron chi connectivity index (χ1n) is 8.69. The van der Waals surface area contributed by atoms with Crippen molar-refractivity contribution >= 4 is 17.3 Å². The average molecular weight is 349 g/mol. The smallest absolute Gasteiger partial charge is 0.293 e. The van der Waals surface area contributed by atoms with Crippen molar-refractivity contribution in [3.63, 3.8) is 0 Å². The number of benzene rings is 1. The summed E-state index contributed by atoms with van der Waals surface area (Å²) >= 11 is 0. The van der Waals surface area contributed by atoms with Crippen molar-refractivity contribution in [1.82, 2.24) is 5.32 Å². The number of anilines is 1. The first-order chi connectivity index (χ1) is 11.7. The predicted octanol–water partition coefficient (Wildman–Crippen LogP) is 2.72. The number of nitro groups is 1. The molecule has 2 N–H and O–H groups in total. The summed E-state index contributed by atoms with van der Waals surface area (Å²) in [7, 11) is 0. The highest BCUT2D eigenvalue weighted by molar-refractivity contribution is 5.96. The molecule has 7 heteroatoms. The number of carbonyl (C=O) groups is 1. The van der Waals surface area contributed by atoms with Crippen molar-refractivity contribution in [3.8, 4) is 0 Å². The van der Waals surface area contributed by atoms with E-state index in [1.54, 1.807) is 12.1 Å². The molecule has 1 aromatic carbocycles. The Morgan fingerprint density at radius 1 is 1.36 bits per heavy atom. The Balaban J connectivity index is 2.25. The summed E-state index contributed by atoms with van der Waals surface area (Å²) < 4.78 is 0. The number of hydrogen-bond donors (Lipinski definition) is 2. The molecule has 0 aromatic heterocycles. The number of aliphatic hydroxyl groups is 1.